The van der Waals surface area contributed by atoms with Gasteiger partial charge in [-0.25, -0.2) is 13.9 Å². The van der Waals surface area contributed by atoms with Crippen molar-refractivity contribution in [3.63, 3.8) is 0 Å². The summed E-state index contributed by atoms with van der Waals surface area (Å²) in [7, 11) is -1.56. The number of allylic oxidation sites excluding steroid dienone is 1. The Morgan fingerprint density at radius 3 is 2.35 bits per heavy atom. The molecule has 178 valence electrons. The summed E-state index contributed by atoms with van der Waals surface area (Å²) in [6.45, 7) is 8.51. The zero-order valence-electron chi connectivity index (χ0n) is 19.6. The van der Waals surface area contributed by atoms with Crippen molar-refractivity contribution in [3.05, 3.63) is 84.2 Å². The molecule has 0 fully saturated rings. The Hall–Kier alpha value is -3.08. The van der Waals surface area contributed by atoms with Crippen molar-refractivity contribution in [1.82, 2.24) is 4.98 Å². The van der Waals surface area contributed by atoms with Gasteiger partial charge in [-0.2, -0.15) is 0 Å². The molecule has 0 spiro atoms. The molecule has 0 radical (unpaired) electrons. The number of aromatic nitrogens is 1. The molecule has 0 aliphatic heterocycles. The number of hydrogen-bond acceptors (Lipinski definition) is 5. The van der Waals surface area contributed by atoms with Gasteiger partial charge in [-0.1, -0.05) is 50.8 Å². The SMILES string of the molecule is C=C(CCCC(=O)O[PH](=O)OC)c1c(C(C)C)cc(-c2ccccc2)nc1-c1ccc(F)cc1. The second kappa shape index (κ2) is 11.9. The molecule has 0 saturated heterocycles. The van der Waals surface area contributed by atoms with Crippen LogP contribution in [0.2, 0.25) is 0 Å². The van der Waals surface area contributed by atoms with Gasteiger partial charge < -0.3 is 9.05 Å². The molecule has 3 rings (SSSR count). The minimum absolute atomic E-state index is 0.0945. The van der Waals surface area contributed by atoms with E-state index in [0.717, 1.165) is 39.2 Å². The van der Waals surface area contributed by atoms with Crippen LogP contribution in [-0.4, -0.2) is 18.1 Å². The van der Waals surface area contributed by atoms with Crippen LogP contribution in [0.1, 0.15) is 50.2 Å². The molecular formula is C27H29FNO4P. The highest BCUT2D eigenvalue weighted by atomic mass is 31.1. The second-order valence-electron chi connectivity index (χ2n) is 8.23. The lowest BCUT2D eigenvalue weighted by Gasteiger charge is -2.21. The molecule has 1 unspecified atom stereocenters. The number of rotatable bonds is 10. The van der Waals surface area contributed by atoms with Crippen molar-refractivity contribution in [2.24, 2.45) is 0 Å². The Balaban J connectivity index is 2.00. The average Bonchev–Trinajstić information content (AvgIpc) is 2.84. The molecular weight excluding hydrogens is 452 g/mol. The Labute approximate surface area is 200 Å². The molecule has 5 nitrogen and oxygen atoms in total. The Morgan fingerprint density at radius 1 is 1.06 bits per heavy atom. The maximum absolute atomic E-state index is 13.7. The van der Waals surface area contributed by atoms with Crippen molar-refractivity contribution >= 4 is 19.8 Å². The van der Waals surface area contributed by atoms with Crippen LogP contribution in [0.4, 0.5) is 4.39 Å². The van der Waals surface area contributed by atoms with E-state index in [4.69, 9.17) is 9.51 Å². The predicted octanol–water partition coefficient (Wildman–Crippen LogP) is 7.44. The summed E-state index contributed by atoms with van der Waals surface area (Å²) in [5.41, 5.74) is 6.12. The lowest BCUT2D eigenvalue weighted by molar-refractivity contribution is -0.134. The summed E-state index contributed by atoms with van der Waals surface area (Å²) in [6, 6.07) is 18.2. The molecule has 3 aromatic rings. The number of halogens is 1. The van der Waals surface area contributed by atoms with E-state index in [-0.39, 0.29) is 18.2 Å². The summed E-state index contributed by atoms with van der Waals surface area (Å²) >= 11 is 0. The molecule has 1 atom stereocenters. The number of carbonyl (C=O) groups is 1. The summed E-state index contributed by atoms with van der Waals surface area (Å²) in [4.78, 5) is 16.8. The fourth-order valence-electron chi connectivity index (χ4n) is 3.72. The summed E-state index contributed by atoms with van der Waals surface area (Å²) in [5.74, 6) is -0.714. The highest BCUT2D eigenvalue weighted by Crippen LogP contribution is 2.38. The van der Waals surface area contributed by atoms with Crippen LogP contribution in [0.5, 0.6) is 0 Å². The van der Waals surface area contributed by atoms with Gasteiger partial charge in [-0.3, -0.25) is 4.79 Å². The highest BCUT2D eigenvalue weighted by molar-refractivity contribution is 7.34. The van der Waals surface area contributed by atoms with Gasteiger partial charge in [0.25, 0.3) is 0 Å². The lowest BCUT2D eigenvalue weighted by atomic mass is 9.87. The molecule has 0 bridgehead atoms. The van der Waals surface area contributed by atoms with E-state index in [0.29, 0.717) is 12.8 Å². The van der Waals surface area contributed by atoms with Crippen LogP contribution in [0.3, 0.4) is 0 Å². The normalized spacial score (nSPS) is 11.9. The van der Waals surface area contributed by atoms with E-state index < -0.39 is 14.2 Å². The van der Waals surface area contributed by atoms with E-state index in [1.807, 2.05) is 30.3 Å². The molecule has 2 aromatic carbocycles. The molecule has 1 aromatic heterocycles. The Kier molecular flexibility index (Phi) is 8.91. The van der Waals surface area contributed by atoms with Crippen LogP contribution in [-0.2, 0) is 18.4 Å². The van der Waals surface area contributed by atoms with Crippen LogP contribution in [0.15, 0.2) is 67.2 Å². The number of carbonyl (C=O) groups excluding carboxylic acids is 1. The molecule has 0 aliphatic rings. The first-order valence-electron chi connectivity index (χ1n) is 11.1. The largest absolute Gasteiger partial charge is 0.394 e. The maximum Gasteiger partial charge on any atom is 0.369 e. The van der Waals surface area contributed by atoms with Crippen molar-refractivity contribution in [2.45, 2.75) is 39.0 Å². The number of nitrogens with zero attached hydrogens (tertiary/aromatic N) is 1. The lowest BCUT2D eigenvalue weighted by Crippen LogP contribution is -2.04. The van der Waals surface area contributed by atoms with E-state index in [1.165, 1.54) is 19.2 Å². The van der Waals surface area contributed by atoms with Gasteiger partial charge in [-0.05, 0) is 60.2 Å². The molecule has 0 amide bonds. The van der Waals surface area contributed by atoms with E-state index in [2.05, 4.69) is 31.0 Å². The molecule has 7 heteroatoms. The van der Waals surface area contributed by atoms with Gasteiger partial charge in [0.1, 0.15) is 5.82 Å². The number of pyridine rings is 1. The van der Waals surface area contributed by atoms with Crippen molar-refractivity contribution < 1.29 is 22.8 Å². The van der Waals surface area contributed by atoms with Crippen molar-refractivity contribution in [2.75, 3.05) is 7.11 Å². The molecule has 0 aliphatic carbocycles. The van der Waals surface area contributed by atoms with Gasteiger partial charge in [0.15, 0.2) is 0 Å². The smallest absolute Gasteiger partial charge is 0.369 e. The Bertz CT molecular complexity index is 1180. The number of hydrogen-bond donors (Lipinski definition) is 0. The molecule has 1 heterocycles. The van der Waals surface area contributed by atoms with Gasteiger partial charge in [0, 0.05) is 30.2 Å². The fourth-order valence-corrected chi connectivity index (χ4v) is 4.09. The fraction of sp³-hybridized carbons (Fsp3) is 0.259. The number of benzene rings is 2. The topological polar surface area (TPSA) is 65.5 Å². The van der Waals surface area contributed by atoms with Crippen LogP contribution in [0.25, 0.3) is 28.1 Å². The van der Waals surface area contributed by atoms with Gasteiger partial charge >= 0.3 is 14.2 Å². The third-order valence-corrected chi connectivity index (χ3v) is 6.16. The molecule has 0 saturated carbocycles. The van der Waals surface area contributed by atoms with Crippen LogP contribution >= 0.6 is 8.25 Å². The standard InChI is InChI=1S/C27H29FNO4P/c1-18(2)23-17-24(20-10-6-5-7-11-20)29-27(21-13-15-22(28)16-14-21)26(23)19(3)9-8-12-25(30)33-34(31)32-4/h5-7,10-11,13-18,34H,3,8-9,12H2,1-2,4H3. The molecule has 0 N–H and O–H groups in total. The summed E-state index contributed by atoms with van der Waals surface area (Å²) in [6.07, 6.45) is 1.08. The third kappa shape index (κ3) is 6.49. The maximum atomic E-state index is 13.7. The summed E-state index contributed by atoms with van der Waals surface area (Å²) < 4.78 is 34.2. The van der Waals surface area contributed by atoms with Crippen molar-refractivity contribution in [3.8, 4) is 22.5 Å². The van der Waals surface area contributed by atoms with Crippen LogP contribution < -0.4 is 0 Å². The Morgan fingerprint density at radius 2 is 1.74 bits per heavy atom. The van der Waals surface area contributed by atoms with Gasteiger partial charge in [0.2, 0.25) is 0 Å². The van der Waals surface area contributed by atoms with Crippen LogP contribution in [0, 0.1) is 5.82 Å². The average molecular weight is 482 g/mol. The van der Waals surface area contributed by atoms with Gasteiger partial charge in [-0.15, -0.1) is 0 Å². The zero-order chi connectivity index (χ0) is 24.7. The highest BCUT2D eigenvalue weighted by Gasteiger charge is 2.20. The monoisotopic (exact) mass is 481 g/mol. The second-order valence-corrected chi connectivity index (χ2v) is 9.35. The van der Waals surface area contributed by atoms with Gasteiger partial charge in [0.05, 0.1) is 11.4 Å². The minimum Gasteiger partial charge on any atom is -0.394 e. The van der Waals surface area contributed by atoms with E-state index >= 15 is 0 Å². The quantitative estimate of drug-likeness (QED) is 0.282. The van der Waals surface area contributed by atoms with E-state index in [1.54, 1.807) is 12.1 Å². The third-order valence-electron chi connectivity index (χ3n) is 5.44. The molecule has 34 heavy (non-hydrogen) atoms. The first-order valence-corrected chi connectivity index (χ1v) is 12.4. The van der Waals surface area contributed by atoms with Crippen molar-refractivity contribution in [1.29, 1.82) is 0 Å². The minimum atomic E-state index is -2.79. The zero-order valence-corrected chi connectivity index (χ0v) is 20.6. The summed E-state index contributed by atoms with van der Waals surface area (Å²) in [5, 5.41) is 0. The first kappa shape index (κ1) is 25.5. The van der Waals surface area contributed by atoms with E-state index in [9.17, 15) is 13.8 Å². The predicted molar refractivity (Wildman–Crippen MR) is 134 cm³/mol. The first-order chi connectivity index (χ1) is 16.3.